The molecule has 150 valence electrons. The Morgan fingerprint density at radius 2 is 1.93 bits per heavy atom. The number of nitro benzene ring substituents is 1. The van der Waals surface area contributed by atoms with Crippen molar-refractivity contribution < 1.29 is 27.3 Å². The molecule has 0 spiro atoms. The fraction of sp³-hybridized carbons (Fsp3) is 0.235. The highest BCUT2D eigenvalue weighted by atomic mass is 32.2. The Morgan fingerprint density at radius 3 is 2.54 bits per heavy atom. The van der Waals surface area contributed by atoms with E-state index in [1.165, 1.54) is 45.3 Å². The minimum atomic E-state index is -3.69. The van der Waals surface area contributed by atoms with Gasteiger partial charge >= 0.3 is 5.69 Å². The maximum absolute atomic E-state index is 13.4. The molecule has 0 bridgehead atoms. The Balaban J connectivity index is 2.18. The largest absolute Gasteiger partial charge is 0.474 e. The molecule has 0 fully saturated rings. The average Bonchev–Trinajstić information content (AvgIpc) is 2.61. The van der Waals surface area contributed by atoms with E-state index in [2.05, 4.69) is 5.32 Å². The van der Waals surface area contributed by atoms with Crippen molar-refractivity contribution in [3.8, 4) is 5.75 Å². The van der Waals surface area contributed by atoms with E-state index >= 15 is 0 Å². The topological polar surface area (TPSA) is 119 Å². The number of rotatable bonds is 7. The number of carbonyl (C=O) groups excluding carboxylic acids is 1. The zero-order chi connectivity index (χ0) is 21.1. The summed E-state index contributed by atoms with van der Waals surface area (Å²) in [5, 5.41) is 13.5. The molecule has 2 aromatic carbocycles. The molecule has 1 amide bonds. The second kappa shape index (κ2) is 8.31. The minimum absolute atomic E-state index is 0.0235. The third-order valence-electron chi connectivity index (χ3n) is 3.67. The van der Waals surface area contributed by atoms with Gasteiger partial charge in [-0.05, 0) is 31.2 Å². The predicted octanol–water partition coefficient (Wildman–Crippen LogP) is 2.39. The van der Waals surface area contributed by atoms with E-state index in [0.717, 1.165) is 22.5 Å². The molecule has 0 saturated heterocycles. The molecule has 9 nitrogen and oxygen atoms in total. The lowest BCUT2D eigenvalue weighted by Crippen LogP contribution is -2.30. The molecule has 0 aliphatic heterocycles. The Labute approximate surface area is 160 Å². The van der Waals surface area contributed by atoms with Gasteiger partial charge in [0, 0.05) is 31.9 Å². The normalized spacial score (nSPS) is 12.5. The molecule has 0 radical (unpaired) electrons. The van der Waals surface area contributed by atoms with E-state index in [4.69, 9.17) is 4.74 Å². The van der Waals surface area contributed by atoms with Crippen LogP contribution < -0.4 is 10.1 Å². The van der Waals surface area contributed by atoms with E-state index in [0.29, 0.717) is 0 Å². The number of nitro groups is 1. The Kier molecular flexibility index (Phi) is 6.31. The third kappa shape index (κ3) is 4.81. The molecule has 2 aromatic rings. The van der Waals surface area contributed by atoms with Gasteiger partial charge in [-0.15, -0.1) is 0 Å². The van der Waals surface area contributed by atoms with Gasteiger partial charge in [0.25, 0.3) is 5.91 Å². The summed E-state index contributed by atoms with van der Waals surface area (Å²) in [6.07, 6.45) is -1.21. The summed E-state index contributed by atoms with van der Waals surface area (Å²) in [5.74, 6) is -1.84. The molecule has 28 heavy (non-hydrogen) atoms. The molecule has 2 rings (SSSR count). The van der Waals surface area contributed by atoms with E-state index in [1.807, 2.05) is 0 Å². The fourth-order valence-electron chi connectivity index (χ4n) is 2.17. The number of hydrogen-bond acceptors (Lipinski definition) is 6. The van der Waals surface area contributed by atoms with Gasteiger partial charge in [-0.1, -0.05) is 6.07 Å². The second-order valence-electron chi connectivity index (χ2n) is 5.93. The van der Waals surface area contributed by atoms with Crippen molar-refractivity contribution in [3.63, 3.8) is 0 Å². The number of halogens is 1. The highest BCUT2D eigenvalue weighted by Crippen LogP contribution is 2.28. The van der Waals surface area contributed by atoms with Crippen LogP contribution in [-0.2, 0) is 14.8 Å². The van der Waals surface area contributed by atoms with Gasteiger partial charge in [0.05, 0.1) is 9.82 Å². The van der Waals surface area contributed by atoms with Crippen molar-refractivity contribution in [2.45, 2.75) is 17.9 Å². The SMILES string of the molecule is C[C@@H](Oc1cc(F)ccc1[N+](=O)[O-])C(=O)Nc1cccc(S(=O)(=O)N(C)C)c1. The molecule has 1 N–H and O–H groups in total. The van der Waals surface area contributed by atoms with Crippen LogP contribution >= 0.6 is 0 Å². The molecular weight excluding hydrogens is 393 g/mol. The quantitative estimate of drug-likeness (QED) is 0.552. The summed E-state index contributed by atoms with van der Waals surface area (Å²) in [5.41, 5.74) is -0.294. The van der Waals surface area contributed by atoms with Crippen molar-refractivity contribution in [1.29, 1.82) is 0 Å². The number of nitrogens with zero attached hydrogens (tertiary/aromatic N) is 2. The molecule has 0 heterocycles. The Hall–Kier alpha value is -3.05. The molecule has 1 atom stereocenters. The van der Waals surface area contributed by atoms with Crippen molar-refractivity contribution in [3.05, 3.63) is 58.4 Å². The molecule has 0 aliphatic carbocycles. The highest BCUT2D eigenvalue weighted by molar-refractivity contribution is 7.89. The van der Waals surface area contributed by atoms with Crippen LogP contribution in [0.25, 0.3) is 0 Å². The molecule has 0 unspecified atom stereocenters. The standard InChI is InChI=1S/C17H18FN3O6S/c1-11(27-16-9-12(18)7-8-15(16)21(23)24)17(22)19-13-5-4-6-14(10-13)28(25,26)20(2)3/h4-11H,1-3H3,(H,19,22)/t11-/m1/s1. The number of anilines is 1. The van der Waals surface area contributed by atoms with E-state index in [1.54, 1.807) is 0 Å². The minimum Gasteiger partial charge on any atom is -0.474 e. The van der Waals surface area contributed by atoms with Crippen LogP contribution in [0.4, 0.5) is 15.8 Å². The predicted molar refractivity (Wildman–Crippen MR) is 99.1 cm³/mol. The first-order valence-electron chi connectivity index (χ1n) is 7.96. The summed E-state index contributed by atoms with van der Waals surface area (Å²) >= 11 is 0. The lowest BCUT2D eigenvalue weighted by molar-refractivity contribution is -0.386. The van der Waals surface area contributed by atoms with Crippen LogP contribution in [0.1, 0.15) is 6.92 Å². The zero-order valence-corrected chi connectivity index (χ0v) is 16.1. The van der Waals surface area contributed by atoms with Gasteiger partial charge in [0.2, 0.25) is 15.8 Å². The average molecular weight is 411 g/mol. The van der Waals surface area contributed by atoms with Crippen molar-refractivity contribution in [1.82, 2.24) is 4.31 Å². The maximum Gasteiger partial charge on any atom is 0.311 e. The first-order chi connectivity index (χ1) is 13.0. The summed E-state index contributed by atoms with van der Waals surface area (Å²) < 4.78 is 44.0. The van der Waals surface area contributed by atoms with Crippen molar-refractivity contribution >= 4 is 27.3 Å². The van der Waals surface area contributed by atoms with Crippen LogP contribution in [0.15, 0.2) is 47.4 Å². The van der Waals surface area contributed by atoms with Gasteiger partial charge < -0.3 is 10.1 Å². The summed E-state index contributed by atoms with van der Waals surface area (Å²) in [6, 6.07) is 8.23. The lowest BCUT2D eigenvalue weighted by Gasteiger charge is -2.16. The summed E-state index contributed by atoms with van der Waals surface area (Å²) in [6.45, 7) is 1.32. The first-order valence-corrected chi connectivity index (χ1v) is 9.40. The van der Waals surface area contributed by atoms with Crippen LogP contribution in [0.2, 0.25) is 0 Å². The zero-order valence-electron chi connectivity index (χ0n) is 15.2. The van der Waals surface area contributed by atoms with Crippen LogP contribution in [-0.4, -0.2) is 43.8 Å². The molecule has 0 aliphatic rings. The monoisotopic (exact) mass is 411 g/mol. The van der Waals surface area contributed by atoms with Crippen molar-refractivity contribution in [2.75, 3.05) is 19.4 Å². The number of sulfonamides is 1. The number of amides is 1. The van der Waals surface area contributed by atoms with Crippen LogP contribution in [0, 0.1) is 15.9 Å². The third-order valence-corrected chi connectivity index (χ3v) is 5.48. The van der Waals surface area contributed by atoms with E-state index < -0.39 is 44.2 Å². The molecule has 0 saturated carbocycles. The molecular formula is C17H18FN3O6S. The molecule has 11 heteroatoms. The van der Waals surface area contributed by atoms with Crippen molar-refractivity contribution in [2.24, 2.45) is 0 Å². The number of hydrogen-bond donors (Lipinski definition) is 1. The van der Waals surface area contributed by atoms with Gasteiger partial charge in [-0.3, -0.25) is 14.9 Å². The van der Waals surface area contributed by atoms with Crippen LogP contribution in [0.5, 0.6) is 5.75 Å². The summed E-state index contributed by atoms with van der Waals surface area (Å²) in [4.78, 5) is 22.5. The number of nitrogens with one attached hydrogen (secondary N) is 1. The number of benzene rings is 2. The number of ether oxygens (including phenoxy) is 1. The Bertz CT molecular complexity index is 1010. The van der Waals surface area contributed by atoms with Crippen LogP contribution in [0.3, 0.4) is 0 Å². The van der Waals surface area contributed by atoms with Gasteiger partial charge in [-0.25, -0.2) is 17.1 Å². The van der Waals surface area contributed by atoms with Gasteiger partial charge in [0.15, 0.2) is 6.10 Å². The Morgan fingerprint density at radius 1 is 1.25 bits per heavy atom. The lowest BCUT2D eigenvalue weighted by atomic mass is 10.2. The fourth-order valence-corrected chi connectivity index (χ4v) is 3.11. The highest BCUT2D eigenvalue weighted by Gasteiger charge is 2.23. The van der Waals surface area contributed by atoms with E-state index in [-0.39, 0.29) is 10.6 Å². The van der Waals surface area contributed by atoms with Gasteiger partial charge in [0.1, 0.15) is 5.82 Å². The molecule has 0 aromatic heterocycles. The maximum atomic E-state index is 13.4. The van der Waals surface area contributed by atoms with Gasteiger partial charge in [-0.2, -0.15) is 0 Å². The summed E-state index contributed by atoms with van der Waals surface area (Å²) in [7, 11) is -0.935. The smallest absolute Gasteiger partial charge is 0.311 e. The number of carbonyl (C=O) groups is 1. The first kappa shape index (κ1) is 21.3. The van der Waals surface area contributed by atoms with E-state index in [9.17, 15) is 27.7 Å². The second-order valence-corrected chi connectivity index (χ2v) is 8.09.